The molecular weight excluding hydrogens is 800 g/mol. The molecule has 3 heterocycles. The zero-order valence-electron chi connectivity index (χ0n) is 34.6. The third-order valence-corrected chi connectivity index (χ3v) is 13.0. The number of ether oxygens (including phenoxy) is 4. The molecule has 17 heteroatoms. The number of nitrogens with one attached hydrogen (secondary N) is 3. The van der Waals surface area contributed by atoms with Crippen molar-refractivity contribution in [2.24, 2.45) is 23.2 Å². The van der Waals surface area contributed by atoms with Crippen molar-refractivity contribution in [1.82, 2.24) is 25.5 Å². The summed E-state index contributed by atoms with van der Waals surface area (Å²) in [5, 5.41) is 22.6. The SMILES string of the molecule is CC[C@@H]1CC1(NC(=O)[C@@H]1C[C@@H](Oc2cc(-c3csc(NC(C)C)n3)nc3c(Cl)c(OCCOC)ccc23)CN1C(=O)[C@@H](NC(=O)OC1C[C@@H]2C[C@@H]2C1)C(C)(C)C)C(=O)O. The minimum Gasteiger partial charge on any atom is -0.490 e. The third kappa shape index (κ3) is 9.19. The molecule has 2 unspecified atom stereocenters. The summed E-state index contributed by atoms with van der Waals surface area (Å²) in [5.41, 5.74) is -0.735. The van der Waals surface area contributed by atoms with Crippen LogP contribution in [0.25, 0.3) is 22.3 Å². The van der Waals surface area contributed by atoms with E-state index in [0.29, 0.717) is 70.2 Å². The lowest BCUT2D eigenvalue weighted by Crippen LogP contribution is -2.59. The number of aromatic nitrogens is 2. The second-order valence-corrected chi connectivity index (χ2v) is 18.9. The van der Waals surface area contributed by atoms with E-state index in [1.54, 1.807) is 25.3 Å². The first-order valence-corrected chi connectivity index (χ1v) is 21.7. The first kappa shape index (κ1) is 42.7. The summed E-state index contributed by atoms with van der Waals surface area (Å²) < 4.78 is 23.6. The van der Waals surface area contributed by atoms with E-state index in [1.807, 2.05) is 46.9 Å². The molecule has 7 rings (SSSR count). The number of halogens is 1. The first-order chi connectivity index (χ1) is 28.0. The number of carboxylic acids is 1. The van der Waals surface area contributed by atoms with Crippen molar-refractivity contribution in [2.75, 3.05) is 32.2 Å². The Morgan fingerprint density at radius 1 is 1.03 bits per heavy atom. The second-order valence-electron chi connectivity index (χ2n) is 17.7. The number of aliphatic carboxylic acids is 1. The summed E-state index contributed by atoms with van der Waals surface area (Å²) in [5.74, 6) is -0.462. The van der Waals surface area contributed by atoms with Crippen LogP contribution in [-0.2, 0) is 23.9 Å². The van der Waals surface area contributed by atoms with E-state index in [0.717, 1.165) is 12.8 Å². The number of fused-ring (bicyclic) bond motifs is 2. The van der Waals surface area contributed by atoms with Crippen LogP contribution in [0.2, 0.25) is 5.02 Å². The zero-order chi connectivity index (χ0) is 42.4. The lowest BCUT2D eigenvalue weighted by molar-refractivity contribution is -0.146. The standard InChI is InChI=1S/C42H55ClN6O9S/c1-8-24-18-42(24,38(52)53)48-36(50)30-16-26(19-49(30)37(51)35(41(4,5)6)47-40(54)58-25-14-22-13-23(22)15-25)57-32-17-28(29-20-59-39(46-29)44-21(2)3)45-34-27(32)9-10-31(33(34)43)56-12-11-55-7/h9-10,17,20-26,30,35H,8,11-16,18-19H2,1-7H3,(H,44,46)(H,47,54)(H,48,50)(H,52,53)/t22-,23+,24-,25?,26-,30+,35-,42?/m1/s1. The van der Waals surface area contributed by atoms with Crippen LogP contribution in [0.3, 0.4) is 0 Å². The van der Waals surface area contributed by atoms with Gasteiger partial charge in [0.25, 0.3) is 0 Å². The van der Waals surface area contributed by atoms with E-state index in [4.69, 9.17) is 40.5 Å². The zero-order valence-corrected chi connectivity index (χ0v) is 36.2. The Bertz CT molecular complexity index is 2080. The van der Waals surface area contributed by atoms with Gasteiger partial charge < -0.3 is 44.9 Å². The van der Waals surface area contributed by atoms with Gasteiger partial charge in [0.1, 0.15) is 58.7 Å². The average molecular weight is 855 g/mol. The number of carbonyl (C=O) groups is 4. The molecule has 320 valence electrons. The Labute approximate surface area is 353 Å². The van der Waals surface area contributed by atoms with Crippen molar-refractivity contribution in [1.29, 1.82) is 0 Å². The molecule has 3 aliphatic carbocycles. The summed E-state index contributed by atoms with van der Waals surface area (Å²) in [6.45, 7) is 12.0. The van der Waals surface area contributed by atoms with Gasteiger partial charge in [0.05, 0.1) is 24.4 Å². The molecule has 3 aromatic rings. The van der Waals surface area contributed by atoms with Crippen molar-refractivity contribution in [3.8, 4) is 22.9 Å². The Hall–Kier alpha value is -4.41. The monoisotopic (exact) mass is 854 g/mol. The summed E-state index contributed by atoms with van der Waals surface area (Å²) in [6.07, 6.45) is 2.10. The summed E-state index contributed by atoms with van der Waals surface area (Å²) in [6, 6.07) is 3.26. The Balaban J connectivity index is 1.21. The van der Waals surface area contributed by atoms with Gasteiger partial charge in [0.15, 0.2) is 5.13 Å². The number of carboxylic acid groups (broad SMARTS) is 1. The van der Waals surface area contributed by atoms with Crippen LogP contribution in [-0.4, -0.2) is 107 Å². The number of hydrogen-bond donors (Lipinski definition) is 4. The third-order valence-electron chi connectivity index (χ3n) is 11.9. The predicted octanol–water partition coefficient (Wildman–Crippen LogP) is 6.51. The molecule has 4 aliphatic rings. The molecule has 1 aromatic carbocycles. The number of alkyl carbamates (subject to hydrolysis) is 1. The van der Waals surface area contributed by atoms with E-state index >= 15 is 0 Å². The quantitative estimate of drug-likeness (QED) is 0.114. The average Bonchev–Trinajstić information content (AvgIpc) is 3.84. The maximum Gasteiger partial charge on any atom is 0.408 e. The highest BCUT2D eigenvalue weighted by atomic mass is 35.5. The van der Waals surface area contributed by atoms with Crippen LogP contribution in [0, 0.1) is 23.2 Å². The van der Waals surface area contributed by atoms with Crippen LogP contribution in [0.5, 0.6) is 11.5 Å². The molecule has 8 atom stereocenters. The summed E-state index contributed by atoms with van der Waals surface area (Å²) in [7, 11) is 1.58. The largest absolute Gasteiger partial charge is 0.490 e. The lowest BCUT2D eigenvalue weighted by Gasteiger charge is -2.35. The summed E-state index contributed by atoms with van der Waals surface area (Å²) in [4.78, 5) is 65.8. The number of methoxy groups -OCH3 is 1. The van der Waals surface area contributed by atoms with Crippen LogP contribution in [0.1, 0.15) is 80.1 Å². The van der Waals surface area contributed by atoms with E-state index in [1.165, 1.54) is 22.7 Å². The van der Waals surface area contributed by atoms with Crippen molar-refractivity contribution < 1.29 is 43.2 Å². The highest BCUT2D eigenvalue weighted by Crippen LogP contribution is 2.52. The maximum absolute atomic E-state index is 14.7. The number of pyridine rings is 1. The minimum atomic E-state index is -1.42. The maximum atomic E-state index is 14.7. The van der Waals surface area contributed by atoms with E-state index in [9.17, 15) is 24.3 Å². The highest BCUT2D eigenvalue weighted by molar-refractivity contribution is 7.14. The smallest absolute Gasteiger partial charge is 0.408 e. The number of carbonyl (C=O) groups excluding carboxylic acids is 3. The number of likely N-dealkylation sites (tertiary alicyclic amines) is 1. The van der Waals surface area contributed by atoms with Gasteiger partial charge in [-0.1, -0.05) is 45.7 Å². The molecule has 2 aromatic heterocycles. The molecule has 4 N–H and O–H groups in total. The van der Waals surface area contributed by atoms with Gasteiger partial charge in [-0.15, -0.1) is 11.3 Å². The van der Waals surface area contributed by atoms with Gasteiger partial charge in [0.2, 0.25) is 11.8 Å². The molecule has 1 aliphatic heterocycles. The van der Waals surface area contributed by atoms with E-state index in [2.05, 4.69) is 16.0 Å². The number of nitrogens with zero attached hydrogens (tertiary/aromatic N) is 3. The number of benzene rings is 1. The molecule has 3 amide bonds. The van der Waals surface area contributed by atoms with Crippen molar-refractivity contribution in [2.45, 2.75) is 116 Å². The molecule has 0 bridgehead atoms. The number of thiazole rings is 1. The number of amides is 3. The second kappa shape index (κ2) is 16.9. The van der Waals surface area contributed by atoms with Gasteiger partial charge in [-0.25, -0.2) is 19.6 Å². The van der Waals surface area contributed by atoms with E-state index in [-0.39, 0.29) is 42.7 Å². The van der Waals surface area contributed by atoms with Crippen LogP contribution >= 0.6 is 22.9 Å². The Morgan fingerprint density at radius 3 is 2.42 bits per heavy atom. The molecule has 1 saturated heterocycles. The van der Waals surface area contributed by atoms with Crippen molar-refractivity contribution in [3.63, 3.8) is 0 Å². The fourth-order valence-electron chi connectivity index (χ4n) is 8.51. The van der Waals surface area contributed by atoms with E-state index < -0.39 is 53.0 Å². The van der Waals surface area contributed by atoms with Gasteiger partial charge >= 0.3 is 12.1 Å². The van der Waals surface area contributed by atoms with Crippen LogP contribution < -0.4 is 25.4 Å². The highest BCUT2D eigenvalue weighted by Gasteiger charge is 2.61. The van der Waals surface area contributed by atoms with Gasteiger partial charge in [-0.3, -0.25) is 9.59 Å². The first-order valence-electron chi connectivity index (χ1n) is 20.5. The molecular formula is C42H55ClN6O9S. The minimum absolute atomic E-state index is 0.0340. The Morgan fingerprint density at radius 2 is 1.78 bits per heavy atom. The molecule has 59 heavy (non-hydrogen) atoms. The van der Waals surface area contributed by atoms with Crippen LogP contribution in [0.4, 0.5) is 9.93 Å². The van der Waals surface area contributed by atoms with Gasteiger partial charge in [0, 0.05) is 36.4 Å². The fourth-order valence-corrected chi connectivity index (χ4v) is 9.62. The van der Waals surface area contributed by atoms with Gasteiger partial charge in [-0.05, 0) is 74.8 Å². The summed E-state index contributed by atoms with van der Waals surface area (Å²) >= 11 is 8.39. The number of hydrogen-bond acceptors (Lipinski definition) is 12. The molecule has 0 spiro atoms. The number of anilines is 1. The van der Waals surface area contributed by atoms with Crippen molar-refractivity contribution in [3.05, 3.63) is 28.6 Å². The van der Waals surface area contributed by atoms with Crippen LogP contribution in [0.15, 0.2) is 23.6 Å². The number of rotatable bonds is 16. The topological polar surface area (TPSA) is 191 Å². The fraction of sp³-hybridized carbons (Fsp3) is 0.619. The lowest BCUT2D eigenvalue weighted by atomic mass is 9.85. The van der Waals surface area contributed by atoms with Gasteiger partial charge in [-0.2, -0.15) is 0 Å². The van der Waals surface area contributed by atoms with Crippen molar-refractivity contribution >= 4 is 62.8 Å². The Kier molecular flexibility index (Phi) is 12.2. The predicted molar refractivity (Wildman–Crippen MR) is 223 cm³/mol. The molecule has 15 nitrogen and oxygen atoms in total. The molecule has 0 radical (unpaired) electrons. The molecule has 4 fully saturated rings. The normalized spacial score (nSPS) is 26.3. The molecule has 3 saturated carbocycles.